The number of nitrogens with zero attached hydrogens (tertiary/aromatic N) is 4. The molecule has 1 amide bonds. The molecule has 2 saturated heterocycles. The second-order valence-electron chi connectivity index (χ2n) is 8.26. The second kappa shape index (κ2) is 7.22. The fourth-order valence-corrected chi connectivity index (χ4v) is 5.43. The summed E-state index contributed by atoms with van der Waals surface area (Å²) in [5.41, 5.74) is 7.80. The number of rotatable bonds is 5. The average Bonchev–Trinajstić information content (AvgIpc) is 3.29. The molecule has 2 fully saturated rings. The van der Waals surface area contributed by atoms with Gasteiger partial charge < -0.3 is 15.5 Å². The Morgan fingerprint density at radius 3 is 2.85 bits per heavy atom. The zero-order valence-electron chi connectivity index (χ0n) is 16.0. The van der Waals surface area contributed by atoms with E-state index in [9.17, 15) is 4.79 Å². The number of carbonyl (C=O) groups excluding carboxylic acids is 1. The molecule has 2 atom stereocenters. The van der Waals surface area contributed by atoms with Gasteiger partial charge in [0, 0.05) is 50.9 Å². The first-order chi connectivity index (χ1) is 12.9. The molecule has 4 rings (SSSR count). The largest absolute Gasteiger partial charge is 0.384 e. The van der Waals surface area contributed by atoms with E-state index in [2.05, 4.69) is 45.7 Å². The second-order valence-corrected chi connectivity index (χ2v) is 9.04. The summed E-state index contributed by atoms with van der Waals surface area (Å²) in [6, 6.07) is 5.68. The van der Waals surface area contributed by atoms with Crippen LogP contribution >= 0.6 is 11.3 Å². The molecule has 0 aliphatic carbocycles. The van der Waals surface area contributed by atoms with Crippen LogP contribution in [0.1, 0.15) is 15.9 Å². The first-order valence-electron chi connectivity index (χ1n) is 9.34. The van der Waals surface area contributed by atoms with Gasteiger partial charge in [-0.3, -0.25) is 9.69 Å². The third-order valence-corrected chi connectivity index (χ3v) is 6.50. The third-order valence-electron chi connectivity index (χ3n) is 5.77. The smallest absolute Gasteiger partial charge is 0.255 e. The molecule has 2 aromatic rings. The highest BCUT2D eigenvalue weighted by Gasteiger charge is 2.53. The standard InChI is InChI=1S/C20H27N5OS/c1-23(2)12-20-13-24(8-15-5-6-27-11-15)9-17(20)10-25(14-20)19(26)16-3-4-18(21)22-7-16/h3-7,11,17H,8-10,12-14H2,1-2H3,(H2,21,22). The molecule has 0 saturated carbocycles. The minimum Gasteiger partial charge on any atom is -0.384 e. The average molecular weight is 386 g/mol. The van der Waals surface area contributed by atoms with E-state index in [0.717, 1.165) is 39.3 Å². The predicted octanol–water partition coefficient (Wildman–Crippen LogP) is 1.86. The molecular weight excluding hydrogens is 358 g/mol. The van der Waals surface area contributed by atoms with Crippen LogP contribution in [0.5, 0.6) is 0 Å². The minimum atomic E-state index is 0.0689. The summed E-state index contributed by atoms with van der Waals surface area (Å²) in [6.45, 7) is 5.71. The summed E-state index contributed by atoms with van der Waals surface area (Å²) in [7, 11) is 4.25. The van der Waals surface area contributed by atoms with E-state index in [1.165, 1.54) is 5.56 Å². The lowest BCUT2D eigenvalue weighted by Crippen LogP contribution is -2.42. The number of anilines is 1. The Balaban J connectivity index is 1.50. The summed E-state index contributed by atoms with van der Waals surface area (Å²) >= 11 is 1.75. The highest BCUT2D eigenvalue weighted by Crippen LogP contribution is 2.43. The van der Waals surface area contributed by atoms with Crippen molar-refractivity contribution in [2.75, 3.05) is 52.6 Å². The molecule has 0 bridgehead atoms. The Labute approximate surface area is 164 Å². The van der Waals surface area contributed by atoms with Gasteiger partial charge in [-0.05, 0) is 54.5 Å². The number of likely N-dealkylation sites (tertiary alicyclic amines) is 2. The van der Waals surface area contributed by atoms with Gasteiger partial charge in [0.25, 0.3) is 5.91 Å². The van der Waals surface area contributed by atoms with Gasteiger partial charge in [-0.25, -0.2) is 4.98 Å². The number of hydrogen-bond acceptors (Lipinski definition) is 6. The molecule has 4 heterocycles. The molecule has 27 heavy (non-hydrogen) atoms. The van der Waals surface area contributed by atoms with Gasteiger partial charge in [0.2, 0.25) is 0 Å². The van der Waals surface area contributed by atoms with Crippen LogP contribution in [-0.4, -0.2) is 72.4 Å². The van der Waals surface area contributed by atoms with Crippen LogP contribution in [0.4, 0.5) is 5.82 Å². The van der Waals surface area contributed by atoms with Gasteiger partial charge >= 0.3 is 0 Å². The maximum Gasteiger partial charge on any atom is 0.255 e. The molecule has 0 radical (unpaired) electrons. The summed E-state index contributed by atoms with van der Waals surface area (Å²) in [5.74, 6) is 1.02. The number of nitrogen functional groups attached to an aromatic ring is 1. The Kier molecular flexibility index (Phi) is 4.92. The van der Waals surface area contributed by atoms with Crippen molar-refractivity contribution >= 4 is 23.1 Å². The van der Waals surface area contributed by atoms with Crippen molar-refractivity contribution in [3.63, 3.8) is 0 Å². The molecule has 2 unspecified atom stereocenters. The van der Waals surface area contributed by atoms with Gasteiger partial charge in [0.1, 0.15) is 5.82 Å². The van der Waals surface area contributed by atoms with Crippen molar-refractivity contribution in [2.45, 2.75) is 6.54 Å². The van der Waals surface area contributed by atoms with E-state index < -0.39 is 0 Å². The van der Waals surface area contributed by atoms with Gasteiger partial charge in [-0.2, -0.15) is 11.3 Å². The summed E-state index contributed by atoms with van der Waals surface area (Å²) in [4.78, 5) is 23.9. The number of fused-ring (bicyclic) bond motifs is 1. The van der Waals surface area contributed by atoms with E-state index in [-0.39, 0.29) is 11.3 Å². The molecule has 0 spiro atoms. The van der Waals surface area contributed by atoms with Crippen molar-refractivity contribution < 1.29 is 4.79 Å². The number of hydrogen-bond donors (Lipinski definition) is 1. The van der Waals surface area contributed by atoms with Crippen LogP contribution < -0.4 is 5.73 Å². The quantitative estimate of drug-likeness (QED) is 0.851. The molecular formula is C20H27N5OS. The monoisotopic (exact) mass is 385 g/mol. The van der Waals surface area contributed by atoms with Gasteiger partial charge in [0.05, 0.1) is 5.56 Å². The fraction of sp³-hybridized carbons (Fsp3) is 0.500. The van der Waals surface area contributed by atoms with Crippen LogP contribution in [-0.2, 0) is 6.54 Å². The zero-order chi connectivity index (χ0) is 19.0. The number of carbonyl (C=O) groups is 1. The molecule has 144 valence electrons. The van der Waals surface area contributed by atoms with Crippen molar-refractivity contribution in [2.24, 2.45) is 11.3 Å². The number of amides is 1. The molecule has 2 aliphatic heterocycles. The Morgan fingerprint density at radius 2 is 2.19 bits per heavy atom. The summed E-state index contributed by atoms with van der Waals surface area (Å²) < 4.78 is 0. The first kappa shape index (κ1) is 18.4. The van der Waals surface area contributed by atoms with Crippen LogP contribution in [0.3, 0.4) is 0 Å². The lowest BCUT2D eigenvalue weighted by molar-refractivity contribution is 0.0747. The molecule has 0 aromatic carbocycles. The van der Waals surface area contributed by atoms with Crippen LogP contribution in [0.2, 0.25) is 0 Å². The highest BCUT2D eigenvalue weighted by atomic mass is 32.1. The molecule has 2 N–H and O–H groups in total. The van der Waals surface area contributed by atoms with E-state index in [4.69, 9.17) is 5.73 Å². The first-order valence-corrected chi connectivity index (χ1v) is 10.3. The molecule has 7 heteroatoms. The SMILES string of the molecule is CN(C)CC12CN(Cc3ccsc3)CC1CN(C(=O)c1ccc(N)nc1)C2. The number of nitrogens with two attached hydrogens (primary N) is 1. The van der Waals surface area contributed by atoms with Crippen molar-refractivity contribution in [1.82, 2.24) is 19.7 Å². The topological polar surface area (TPSA) is 65.7 Å². The van der Waals surface area contributed by atoms with Crippen LogP contribution in [0.25, 0.3) is 0 Å². The van der Waals surface area contributed by atoms with Crippen LogP contribution in [0, 0.1) is 11.3 Å². The molecule has 2 aliphatic rings. The van der Waals surface area contributed by atoms with Crippen molar-refractivity contribution in [1.29, 1.82) is 0 Å². The van der Waals surface area contributed by atoms with Gasteiger partial charge in [-0.1, -0.05) is 0 Å². The van der Waals surface area contributed by atoms with Crippen molar-refractivity contribution in [3.8, 4) is 0 Å². The fourth-order valence-electron chi connectivity index (χ4n) is 4.77. The van der Waals surface area contributed by atoms with Crippen LogP contribution in [0.15, 0.2) is 35.2 Å². The maximum absolute atomic E-state index is 13.0. The van der Waals surface area contributed by atoms with E-state index >= 15 is 0 Å². The molecule has 2 aromatic heterocycles. The maximum atomic E-state index is 13.0. The number of thiophene rings is 1. The highest BCUT2D eigenvalue weighted by molar-refractivity contribution is 7.07. The Hall–Kier alpha value is -1.96. The predicted molar refractivity (Wildman–Crippen MR) is 109 cm³/mol. The zero-order valence-corrected chi connectivity index (χ0v) is 16.8. The normalized spacial score (nSPS) is 25.3. The Bertz CT molecular complexity index is 791. The van der Waals surface area contributed by atoms with E-state index in [0.29, 0.717) is 17.3 Å². The van der Waals surface area contributed by atoms with E-state index in [1.54, 1.807) is 29.7 Å². The van der Waals surface area contributed by atoms with E-state index in [1.807, 2.05) is 4.90 Å². The van der Waals surface area contributed by atoms with Gasteiger partial charge in [0.15, 0.2) is 0 Å². The lowest BCUT2D eigenvalue weighted by atomic mass is 9.80. The third kappa shape index (κ3) is 3.72. The van der Waals surface area contributed by atoms with Gasteiger partial charge in [-0.15, -0.1) is 0 Å². The number of pyridine rings is 1. The lowest BCUT2D eigenvalue weighted by Gasteiger charge is -2.32. The minimum absolute atomic E-state index is 0.0689. The van der Waals surface area contributed by atoms with Crippen molar-refractivity contribution in [3.05, 3.63) is 46.3 Å². The summed E-state index contributed by atoms with van der Waals surface area (Å²) in [5, 5.41) is 4.37. The summed E-state index contributed by atoms with van der Waals surface area (Å²) in [6.07, 6.45) is 1.59. The Morgan fingerprint density at radius 1 is 1.33 bits per heavy atom. The number of aromatic nitrogens is 1. The molecule has 6 nitrogen and oxygen atoms in total.